The van der Waals surface area contributed by atoms with Crippen LogP contribution in [0.25, 0.3) is 11.1 Å². The Hall–Kier alpha value is -4.14. The van der Waals surface area contributed by atoms with Crippen LogP contribution < -0.4 is 14.8 Å². The van der Waals surface area contributed by atoms with Crippen LogP contribution in [-0.4, -0.2) is 30.1 Å². The number of benzene rings is 3. The van der Waals surface area contributed by atoms with Crippen LogP contribution in [0.3, 0.4) is 0 Å². The average Bonchev–Trinajstić information content (AvgIpc) is 3.24. The molecule has 32 heavy (non-hydrogen) atoms. The van der Waals surface area contributed by atoms with Crippen LogP contribution in [0.2, 0.25) is 0 Å². The zero-order valence-corrected chi connectivity index (χ0v) is 16.3. The van der Waals surface area contributed by atoms with Gasteiger partial charge in [0.2, 0.25) is 0 Å². The van der Waals surface area contributed by atoms with Gasteiger partial charge in [-0.25, -0.2) is 9.59 Å². The number of halogens is 2. The molecule has 5 rings (SSSR count). The maximum atomic E-state index is 13.4. The normalized spacial score (nSPS) is 15.1. The van der Waals surface area contributed by atoms with Crippen molar-refractivity contribution in [2.75, 3.05) is 11.9 Å². The Morgan fingerprint density at radius 3 is 2.22 bits per heavy atom. The van der Waals surface area contributed by atoms with Gasteiger partial charge in [0, 0.05) is 5.92 Å². The summed E-state index contributed by atoms with van der Waals surface area (Å²) in [4.78, 5) is 24.1. The second-order valence-corrected chi connectivity index (χ2v) is 7.24. The second kappa shape index (κ2) is 7.23. The number of anilines is 1. The molecule has 162 valence electrons. The fourth-order valence-electron chi connectivity index (χ4n) is 4.07. The molecule has 0 saturated carbocycles. The van der Waals surface area contributed by atoms with E-state index in [1.165, 1.54) is 0 Å². The predicted molar refractivity (Wildman–Crippen MR) is 108 cm³/mol. The van der Waals surface area contributed by atoms with E-state index in [0.29, 0.717) is 0 Å². The first kappa shape index (κ1) is 19.8. The van der Waals surface area contributed by atoms with E-state index in [1.807, 2.05) is 48.5 Å². The van der Waals surface area contributed by atoms with Gasteiger partial charge < -0.3 is 19.3 Å². The van der Waals surface area contributed by atoms with E-state index >= 15 is 0 Å². The van der Waals surface area contributed by atoms with Gasteiger partial charge >= 0.3 is 18.4 Å². The number of rotatable bonds is 4. The summed E-state index contributed by atoms with van der Waals surface area (Å²) in [5.41, 5.74) is 3.22. The van der Waals surface area contributed by atoms with Crippen molar-refractivity contribution in [3.8, 4) is 22.6 Å². The molecular formula is C23H15F2NO6. The number of fused-ring (bicyclic) bond motifs is 4. The molecular weight excluding hydrogens is 424 g/mol. The lowest BCUT2D eigenvalue weighted by Gasteiger charge is -2.15. The van der Waals surface area contributed by atoms with Crippen LogP contribution in [0.1, 0.15) is 27.4 Å². The largest absolute Gasteiger partial charge is 0.586 e. The zero-order chi connectivity index (χ0) is 22.5. The van der Waals surface area contributed by atoms with E-state index in [9.17, 15) is 23.5 Å². The number of alkyl halides is 2. The van der Waals surface area contributed by atoms with E-state index in [0.717, 1.165) is 34.4 Å². The van der Waals surface area contributed by atoms with Crippen LogP contribution in [0.5, 0.6) is 11.5 Å². The minimum absolute atomic E-state index is 0.00485. The van der Waals surface area contributed by atoms with Crippen molar-refractivity contribution in [1.29, 1.82) is 0 Å². The van der Waals surface area contributed by atoms with Crippen LogP contribution >= 0.6 is 0 Å². The molecule has 1 heterocycles. The van der Waals surface area contributed by atoms with Crippen LogP contribution in [0.15, 0.2) is 60.7 Å². The number of hydrogen-bond donors (Lipinski definition) is 2. The quantitative estimate of drug-likeness (QED) is 0.590. The molecule has 2 aliphatic rings. The minimum atomic E-state index is -3.99. The van der Waals surface area contributed by atoms with Crippen molar-refractivity contribution in [1.82, 2.24) is 0 Å². The number of carboxylic acids is 1. The third-order valence-electron chi connectivity index (χ3n) is 5.37. The monoisotopic (exact) mass is 439 g/mol. The number of nitrogens with one attached hydrogen (secondary N) is 1. The summed E-state index contributed by atoms with van der Waals surface area (Å²) in [6.45, 7) is 0.00485. The van der Waals surface area contributed by atoms with Crippen molar-refractivity contribution in [3.05, 3.63) is 77.4 Å². The van der Waals surface area contributed by atoms with E-state index in [-0.39, 0.29) is 18.2 Å². The molecule has 1 aliphatic heterocycles. The fourth-order valence-corrected chi connectivity index (χ4v) is 4.07. The Labute approximate surface area is 180 Å². The summed E-state index contributed by atoms with van der Waals surface area (Å²) in [6, 6.07) is 17.8. The summed E-state index contributed by atoms with van der Waals surface area (Å²) < 4.78 is 40.7. The van der Waals surface area contributed by atoms with Crippen LogP contribution in [-0.2, 0) is 4.74 Å². The van der Waals surface area contributed by atoms with Crippen molar-refractivity contribution in [2.45, 2.75) is 12.2 Å². The van der Waals surface area contributed by atoms with Crippen molar-refractivity contribution < 1.29 is 37.7 Å². The Morgan fingerprint density at radius 1 is 0.969 bits per heavy atom. The number of aromatic carboxylic acids is 1. The number of carbonyl (C=O) groups is 2. The highest BCUT2D eigenvalue weighted by Gasteiger charge is 2.46. The van der Waals surface area contributed by atoms with Gasteiger partial charge in [0.1, 0.15) is 12.2 Å². The predicted octanol–water partition coefficient (Wildman–Crippen LogP) is 5.07. The van der Waals surface area contributed by atoms with Crippen molar-refractivity contribution >= 4 is 17.7 Å². The molecule has 7 nitrogen and oxygen atoms in total. The number of ether oxygens (including phenoxy) is 3. The summed E-state index contributed by atoms with van der Waals surface area (Å²) in [6.07, 6.45) is -4.92. The Balaban J connectivity index is 1.35. The fraction of sp³-hybridized carbons (Fsp3) is 0.130. The highest BCUT2D eigenvalue weighted by Crippen LogP contribution is 2.46. The minimum Gasteiger partial charge on any atom is -0.477 e. The lowest BCUT2D eigenvalue weighted by molar-refractivity contribution is -0.286. The van der Waals surface area contributed by atoms with E-state index in [2.05, 4.69) is 14.8 Å². The average molecular weight is 439 g/mol. The molecule has 0 radical (unpaired) electrons. The summed E-state index contributed by atoms with van der Waals surface area (Å²) in [5, 5.41) is 11.8. The van der Waals surface area contributed by atoms with E-state index in [1.54, 1.807) is 0 Å². The van der Waals surface area contributed by atoms with Gasteiger partial charge in [-0.2, -0.15) is 0 Å². The molecule has 0 bridgehead atoms. The Kier molecular flexibility index (Phi) is 4.47. The van der Waals surface area contributed by atoms with Gasteiger partial charge in [0.15, 0.2) is 11.5 Å². The highest BCUT2D eigenvalue weighted by atomic mass is 19.3. The molecule has 2 N–H and O–H groups in total. The number of carbonyl (C=O) groups excluding carboxylic acids is 1. The van der Waals surface area contributed by atoms with Gasteiger partial charge in [-0.3, -0.25) is 5.32 Å². The highest BCUT2D eigenvalue weighted by molar-refractivity contribution is 6.02. The maximum absolute atomic E-state index is 13.4. The molecule has 0 spiro atoms. The van der Waals surface area contributed by atoms with Gasteiger partial charge in [0.05, 0.1) is 5.69 Å². The summed E-state index contributed by atoms with van der Waals surface area (Å²) >= 11 is 0. The van der Waals surface area contributed by atoms with Crippen molar-refractivity contribution in [3.63, 3.8) is 0 Å². The molecule has 0 aromatic heterocycles. The molecule has 0 fully saturated rings. The molecule has 3 aromatic carbocycles. The molecule has 0 unspecified atom stereocenters. The molecule has 3 aromatic rings. The Bertz CT molecular complexity index is 1210. The van der Waals surface area contributed by atoms with E-state index in [4.69, 9.17) is 4.74 Å². The molecule has 0 atom stereocenters. The van der Waals surface area contributed by atoms with Gasteiger partial charge in [0.25, 0.3) is 0 Å². The topological polar surface area (TPSA) is 94.1 Å². The third-order valence-corrected chi connectivity index (χ3v) is 5.37. The lowest BCUT2D eigenvalue weighted by Crippen LogP contribution is -2.26. The zero-order valence-electron chi connectivity index (χ0n) is 16.3. The van der Waals surface area contributed by atoms with Gasteiger partial charge in [-0.05, 0) is 34.4 Å². The third kappa shape index (κ3) is 3.27. The Morgan fingerprint density at radius 2 is 1.59 bits per heavy atom. The smallest absolute Gasteiger partial charge is 0.477 e. The number of amides is 1. The van der Waals surface area contributed by atoms with Gasteiger partial charge in [-0.15, -0.1) is 8.78 Å². The van der Waals surface area contributed by atoms with Gasteiger partial charge in [-0.1, -0.05) is 48.5 Å². The second-order valence-electron chi connectivity index (χ2n) is 7.24. The first-order chi connectivity index (χ1) is 15.3. The summed E-state index contributed by atoms with van der Waals surface area (Å²) in [5.74, 6) is -2.87. The van der Waals surface area contributed by atoms with E-state index < -0.39 is 35.4 Å². The molecule has 1 aliphatic carbocycles. The van der Waals surface area contributed by atoms with Crippen LogP contribution in [0, 0.1) is 0 Å². The molecule has 9 heteroatoms. The number of carboxylic acid groups (broad SMARTS) is 1. The SMILES string of the molecule is O=C(Nc1ccc2c(c1C(=O)O)OC(F)(F)O2)OCC1c2ccccc2-c2ccccc21. The lowest BCUT2D eigenvalue weighted by atomic mass is 9.98. The molecule has 0 saturated heterocycles. The number of hydrogen-bond acceptors (Lipinski definition) is 5. The standard InChI is InChI=1S/C23H15F2NO6/c24-23(25)31-18-10-9-17(19(21(27)28)20(18)32-23)26-22(29)30-11-16-14-7-3-1-5-12(14)13-6-2-4-8-15(13)16/h1-10,16H,11H2,(H,26,29)(H,27,28). The van der Waals surface area contributed by atoms with Crippen LogP contribution in [0.4, 0.5) is 19.3 Å². The molecule has 1 amide bonds. The van der Waals surface area contributed by atoms with Crippen molar-refractivity contribution in [2.24, 2.45) is 0 Å². The first-order valence-corrected chi connectivity index (χ1v) is 9.62. The maximum Gasteiger partial charge on any atom is 0.586 e. The summed E-state index contributed by atoms with van der Waals surface area (Å²) in [7, 11) is 0. The first-order valence-electron chi connectivity index (χ1n) is 9.62.